The number of carbonyl (C=O) groups excluding carboxylic acids is 1. The lowest BCUT2D eigenvalue weighted by molar-refractivity contribution is -0.122. The van der Waals surface area contributed by atoms with Crippen LogP contribution in [0.5, 0.6) is 0 Å². The summed E-state index contributed by atoms with van der Waals surface area (Å²) in [6.45, 7) is 8.03. The summed E-state index contributed by atoms with van der Waals surface area (Å²) in [6, 6.07) is -0.375. The van der Waals surface area contributed by atoms with Crippen molar-refractivity contribution in [2.75, 3.05) is 19.8 Å². The minimum atomic E-state index is -0.375. The third-order valence-electron chi connectivity index (χ3n) is 1.93. The summed E-state index contributed by atoms with van der Waals surface area (Å²) >= 11 is 0. The minimum Gasteiger partial charge on any atom is -0.379 e. The van der Waals surface area contributed by atoms with Crippen molar-refractivity contribution in [3.63, 3.8) is 0 Å². The van der Waals surface area contributed by atoms with Gasteiger partial charge in [0.2, 0.25) is 5.91 Å². The normalized spacial score (nSPS) is 12.9. The molecule has 90 valence electrons. The smallest absolute Gasteiger partial charge is 0.236 e. The highest BCUT2D eigenvalue weighted by molar-refractivity contribution is 5.81. The van der Waals surface area contributed by atoms with Gasteiger partial charge in [0.05, 0.1) is 12.6 Å². The Labute approximate surface area is 92.6 Å². The molecule has 4 heteroatoms. The van der Waals surface area contributed by atoms with E-state index in [2.05, 4.69) is 19.2 Å². The lowest BCUT2D eigenvalue weighted by atomic mass is 10.2. The van der Waals surface area contributed by atoms with Crippen LogP contribution in [0, 0.1) is 5.92 Å². The summed E-state index contributed by atoms with van der Waals surface area (Å²) in [5, 5.41) is 2.75. The number of rotatable bonds is 8. The maximum atomic E-state index is 11.3. The van der Waals surface area contributed by atoms with Crippen molar-refractivity contribution < 1.29 is 9.53 Å². The first-order valence-corrected chi connectivity index (χ1v) is 5.69. The Bertz CT molecular complexity index is 172. The topological polar surface area (TPSA) is 64.4 Å². The molecule has 0 aromatic carbocycles. The summed E-state index contributed by atoms with van der Waals surface area (Å²) in [5.74, 6) is 0.452. The summed E-state index contributed by atoms with van der Waals surface area (Å²) in [4.78, 5) is 11.3. The van der Waals surface area contributed by atoms with Gasteiger partial charge in [0.25, 0.3) is 0 Å². The number of ether oxygens (including phenoxy) is 1. The van der Waals surface area contributed by atoms with Crippen molar-refractivity contribution >= 4 is 5.91 Å². The van der Waals surface area contributed by atoms with Gasteiger partial charge in [-0.05, 0) is 12.3 Å². The maximum Gasteiger partial charge on any atom is 0.236 e. The van der Waals surface area contributed by atoms with Crippen LogP contribution in [0.25, 0.3) is 0 Å². The summed E-state index contributed by atoms with van der Waals surface area (Å²) in [5.41, 5.74) is 5.64. The van der Waals surface area contributed by atoms with Crippen LogP contribution in [0.1, 0.15) is 33.6 Å². The Balaban J connectivity index is 3.38. The van der Waals surface area contributed by atoms with Gasteiger partial charge in [0, 0.05) is 13.2 Å². The Hall–Kier alpha value is -0.610. The van der Waals surface area contributed by atoms with E-state index in [1.165, 1.54) is 0 Å². The molecule has 0 bridgehead atoms. The monoisotopic (exact) mass is 216 g/mol. The van der Waals surface area contributed by atoms with Gasteiger partial charge in [-0.1, -0.05) is 27.2 Å². The average molecular weight is 216 g/mol. The van der Waals surface area contributed by atoms with Crippen molar-refractivity contribution in [2.45, 2.75) is 39.7 Å². The second-order valence-corrected chi connectivity index (χ2v) is 4.15. The highest BCUT2D eigenvalue weighted by Gasteiger charge is 2.10. The van der Waals surface area contributed by atoms with E-state index in [1.54, 1.807) is 0 Å². The predicted molar refractivity (Wildman–Crippen MR) is 61.6 cm³/mol. The van der Waals surface area contributed by atoms with Crippen LogP contribution in [-0.4, -0.2) is 31.7 Å². The molecule has 0 aromatic heterocycles. The zero-order valence-corrected chi connectivity index (χ0v) is 10.1. The van der Waals surface area contributed by atoms with Gasteiger partial charge in [0.15, 0.2) is 0 Å². The van der Waals surface area contributed by atoms with E-state index < -0.39 is 0 Å². The van der Waals surface area contributed by atoms with Crippen LogP contribution in [0.15, 0.2) is 0 Å². The van der Waals surface area contributed by atoms with E-state index in [0.29, 0.717) is 19.1 Å². The molecule has 1 atom stereocenters. The van der Waals surface area contributed by atoms with E-state index in [1.807, 2.05) is 6.92 Å². The molecule has 1 amide bonds. The number of nitrogens with two attached hydrogens (primary N) is 1. The molecule has 15 heavy (non-hydrogen) atoms. The van der Waals surface area contributed by atoms with Crippen LogP contribution in [0.3, 0.4) is 0 Å². The van der Waals surface area contributed by atoms with Gasteiger partial charge in [0.1, 0.15) is 0 Å². The molecule has 0 radical (unpaired) electrons. The quantitative estimate of drug-likeness (QED) is 0.593. The molecular formula is C11H24N2O2. The molecule has 0 aliphatic carbocycles. The summed E-state index contributed by atoms with van der Waals surface area (Å²) in [6.07, 6.45) is 1.66. The van der Waals surface area contributed by atoms with Gasteiger partial charge >= 0.3 is 0 Å². The molecule has 3 N–H and O–H groups in total. The highest BCUT2D eigenvalue weighted by Crippen LogP contribution is 1.93. The lowest BCUT2D eigenvalue weighted by Gasteiger charge is -2.11. The molecule has 0 aromatic rings. The highest BCUT2D eigenvalue weighted by atomic mass is 16.5. The van der Waals surface area contributed by atoms with Gasteiger partial charge in [-0.2, -0.15) is 0 Å². The standard InChI is InChI=1S/C11H24N2O2/c1-4-5-10(12)11(14)13-6-7-15-8-9(2)3/h9-10H,4-8,12H2,1-3H3,(H,13,14). The first-order chi connectivity index (χ1) is 7.07. The van der Waals surface area contributed by atoms with Gasteiger partial charge in [-0.3, -0.25) is 4.79 Å². The van der Waals surface area contributed by atoms with Crippen LogP contribution >= 0.6 is 0 Å². The van der Waals surface area contributed by atoms with Gasteiger partial charge in [-0.25, -0.2) is 0 Å². The van der Waals surface area contributed by atoms with Crippen LogP contribution in [0.4, 0.5) is 0 Å². The fourth-order valence-electron chi connectivity index (χ4n) is 1.14. The molecule has 1 unspecified atom stereocenters. The van der Waals surface area contributed by atoms with Gasteiger partial charge in [-0.15, -0.1) is 0 Å². The zero-order valence-electron chi connectivity index (χ0n) is 10.1. The summed E-state index contributed by atoms with van der Waals surface area (Å²) < 4.78 is 5.33. The van der Waals surface area contributed by atoms with E-state index in [0.717, 1.165) is 19.4 Å². The number of amides is 1. The third-order valence-corrected chi connectivity index (χ3v) is 1.93. The molecular weight excluding hydrogens is 192 g/mol. The predicted octanol–water partition coefficient (Wildman–Crippen LogP) is 0.903. The maximum absolute atomic E-state index is 11.3. The van der Waals surface area contributed by atoms with Crippen molar-refractivity contribution in [1.82, 2.24) is 5.32 Å². The molecule has 0 aliphatic heterocycles. The fraction of sp³-hybridized carbons (Fsp3) is 0.909. The van der Waals surface area contributed by atoms with Crippen molar-refractivity contribution in [3.8, 4) is 0 Å². The van der Waals surface area contributed by atoms with E-state index in [9.17, 15) is 4.79 Å². The molecule has 0 aliphatic rings. The van der Waals surface area contributed by atoms with Crippen molar-refractivity contribution in [2.24, 2.45) is 11.7 Å². The molecule has 0 spiro atoms. The van der Waals surface area contributed by atoms with Crippen LogP contribution in [0.2, 0.25) is 0 Å². The number of hydrogen-bond acceptors (Lipinski definition) is 3. The second-order valence-electron chi connectivity index (χ2n) is 4.15. The molecule has 0 saturated carbocycles. The number of nitrogens with one attached hydrogen (secondary N) is 1. The molecule has 0 saturated heterocycles. The SMILES string of the molecule is CCCC(N)C(=O)NCCOCC(C)C. The molecule has 0 fully saturated rings. The van der Waals surface area contributed by atoms with Crippen molar-refractivity contribution in [3.05, 3.63) is 0 Å². The van der Waals surface area contributed by atoms with Crippen LogP contribution < -0.4 is 11.1 Å². The Kier molecular flexibility index (Phi) is 8.33. The first-order valence-electron chi connectivity index (χ1n) is 5.69. The Morgan fingerprint density at radius 2 is 2.13 bits per heavy atom. The first kappa shape index (κ1) is 14.4. The average Bonchev–Trinajstić information content (AvgIpc) is 2.16. The Morgan fingerprint density at radius 1 is 1.47 bits per heavy atom. The molecule has 0 heterocycles. The lowest BCUT2D eigenvalue weighted by Crippen LogP contribution is -2.41. The molecule has 4 nitrogen and oxygen atoms in total. The third kappa shape index (κ3) is 8.39. The fourth-order valence-corrected chi connectivity index (χ4v) is 1.14. The second kappa shape index (κ2) is 8.68. The largest absolute Gasteiger partial charge is 0.379 e. The number of hydrogen-bond donors (Lipinski definition) is 2. The minimum absolute atomic E-state index is 0.0787. The van der Waals surface area contributed by atoms with E-state index in [-0.39, 0.29) is 11.9 Å². The van der Waals surface area contributed by atoms with Crippen LogP contribution in [-0.2, 0) is 9.53 Å². The van der Waals surface area contributed by atoms with E-state index >= 15 is 0 Å². The zero-order chi connectivity index (χ0) is 11.7. The summed E-state index contributed by atoms with van der Waals surface area (Å²) in [7, 11) is 0. The van der Waals surface area contributed by atoms with Crippen molar-refractivity contribution in [1.29, 1.82) is 0 Å². The number of carbonyl (C=O) groups is 1. The Morgan fingerprint density at radius 3 is 2.67 bits per heavy atom. The molecule has 0 rings (SSSR count). The van der Waals surface area contributed by atoms with Gasteiger partial charge < -0.3 is 15.8 Å². The van der Waals surface area contributed by atoms with E-state index in [4.69, 9.17) is 10.5 Å².